The number of hydrogen-bond donors (Lipinski definition) is 3. The number of aromatic nitrogens is 1. The summed E-state index contributed by atoms with van der Waals surface area (Å²) in [5.41, 5.74) is 3.67. The second kappa shape index (κ2) is 12.2. The maximum Gasteiger partial charge on any atom is 0.324 e. The molecule has 2 saturated heterocycles. The third-order valence-electron chi connectivity index (χ3n) is 8.41. The highest BCUT2D eigenvalue weighted by Crippen LogP contribution is 2.38. The molecule has 0 saturated carbocycles. The van der Waals surface area contributed by atoms with Gasteiger partial charge >= 0.3 is 6.03 Å². The third kappa shape index (κ3) is 6.58. The zero-order valence-electron chi connectivity index (χ0n) is 26.7. The van der Waals surface area contributed by atoms with Crippen molar-refractivity contribution in [2.24, 2.45) is 0 Å². The van der Waals surface area contributed by atoms with Crippen LogP contribution < -0.4 is 20.9 Å². The highest BCUT2D eigenvalue weighted by atomic mass is 32.1. The van der Waals surface area contributed by atoms with Gasteiger partial charge in [-0.05, 0) is 69.1 Å². The predicted octanol–water partition coefficient (Wildman–Crippen LogP) is 5.16. The van der Waals surface area contributed by atoms with Gasteiger partial charge in [0.25, 0.3) is 5.91 Å². The van der Waals surface area contributed by atoms with Crippen LogP contribution in [0.2, 0.25) is 0 Å². The fourth-order valence-corrected chi connectivity index (χ4v) is 6.55. The van der Waals surface area contributed by atoms with E-state index in [1.807, 2.05) is 43.5 Å². The molecule has 234 valence electrons. The van der Waals surface area contributed by atoms with Crippen molar-refractivity contribution in [3.63, 3.8) is 0 Å². The Kier molecular flexibility index (Phi) is 8.73. The molecule has 44 heavy (non-hydrogen) atoms. The summed E-state index contributed by atoms with van der Waals surface area (Å²) < 4.78 is 0. The van der Waals surface area contributed by atoms with Crippen molar-refractivity contribution in [1.29, 1.82) is 0 Å². The molecule has 4 heterocycles. The Balaban J connectivity index is 1.34. The first-order chi connectivity index (χ1) is 20.7. The van der Waals surface area contributed by atoms with Crippen LogP contribution in [0.5, 0.6) is 0 Å². The summed E-state index contributed by atoms with van der Waals surface area (Å²) in [5, 5.41) is 9.15. The van der Waals surface area contributed by atoms with E-state index in [0.29, 0.717) is 29.3 Å². The highest BCUT2D eigenvalue weighted by Gasteiger charge is 2.42. The fraction of sp³-hybridized carbons (Fsp3) is 0.455. The van der Waals surface area contributed by atoms with E-state index >= 15 is 0 Å². The van der Waals surface area contributed by atoms with Crippen molar-refractivity contribution >= 4 is 45.6 Å². The van der Waals surface area contributed by atoms with Gasteiger partial charge in [0, 0.05) is 55.4 Å². The summed E-state index contributed by atoms with van der Waals surface area (Å²) in [4.78, 5) is 51.7. The standard InChI is InChI=1S/C33H43N7O3S/c1-21-8-9-22(18-24(21)26-11-10-23(20-35-26)39-16-14-38(7)15-17-39)36-31(43)37-28-25(19-27(44-28)32(2,3)4)29(41)40-13-12-34-30(42)33(40,5)6/h8-11,18-20H,12-17H2,1-7H3,(H,34,42)(H2,36,37,43). The zero-order chi connectivity index (χ0) is 31.8. The van der Waals surface area contributed by atoms with Crippen molar-refractivity contribution < 1.29 is 14.4 Å². The highest BCUT2D eigenvalue weighted by molar-refractivity contribution is 7.16. The largest absolute Gasteiger partial charge is 0.368 e. The Labute approximate surface area is 263 Å². The molecule has 0 unspecified atom stereocenters. The van der Waals surface area contributed by atoms with Crippen LogP contribution in [0.1, 0.15) is 55.4 Å². The van der Waals surface area contributed by atoms with Crippen LogP contribution in [0.3, 0.4) is 0 Å². The number of pyridine rings is 1. The first-order valence-electron chi connectivity index (χ1n) is 15.1. The molecule has 0 aliphatic carbocycles. The monoisotopic (exact) mass is 617 g/mol. The smallest absolute Gasteiger partial charge is 0.324 e. The number of anilines is 3. The molecule has 1 aromatic carbocycles. The lowest BCUT2D eigenvalue weighted by molar-refractivity contribution is -0.133. The molecule has 2 aromatic heterocycles. The second-order valence-electron chi connectivity index (χ2n) is 13.2. The molecule has 0 spiro atoms. The molecular formula is C33H43N7O3S. The number of amides is 4. The number of hydrogen-bond acceptors (Lipinski definition) is 7. The fourth-order valence-electron chi connectivity index (χ4n) is 5.45. The van der Waals surface area contributed by atoms with E-state index in [-0.39, 0.29) is 17.2 Å². The van der Waals surface area contributed by atoms with Crippen LogP contribution in [-0.2, 0) is 10.2 Å². The maximum absolute atomic E-state index is 13.8. The molecule has 2 aliphatic heterocycles. The van der Waals surface area contributed by atoms with E-state index in [2.05, 4.69) is 59.6 Å². The molecule has 3 aromatic rings. The minimum Gasteiger partial charge on any atom is -0.368 e. The van der Waals surface area contributed by atoms with Crippen LogP contribution >= 0.6 is 11.3 Å². The van der Waals surface area contributed by atoms with Gasteiger partial charge in [0.05, 0.1) is 23.1 Å². The first kappa shape index (κ1) is 31.5. The summed E-state index contributed by atoms with van der Waals surface area (Å²) in [7, 11) is 2.14. The molecular weight excluding hydrogens is 574 g/mol. The third-order valence-corrected chi connectivity index (χ3v) is 9.89. The van der Waals surface area contributed by atoms with Gasteiger partial charge < -0.3 is 25.3 Å². The summed E-state index contributed by atoms with van der Waals surface area (Å²) >= 11 is 1.38. The number of rotatable bonds is 5. The van der Waals surface area contributed by atoms with Gasteiger partial charge in [-0.15, -0.1) is 11.3 Å². The summed E-state index contributed by atoms with van der Waals surface area (Å²) in [6.45, 7) is 16.5. The molecule has 0 radical (unpaired) electrons. The lowest BCUT2D eigenvalue weighted by Crippen LogP contribution is -2.63. The SMILES string of the molecule is Cc1ccc(NC(=O)Nc2sc(C(C)(C)C)cc2C(=O)N2CCNC(=O)C2(C)C)cc1-c1ccc(N2CCN(C)CC2)cn1. The van der Waals surface area contributed by atoms with Gasteiger partial charge in [-0.25, -0.2) is 4.79 Å². The summed E-state index contributed by atoms with van der Waals surface area (Å²) in [6.07, 6.45) is 1.92. The van der Waals surface area contributed by atoms with Gasteiger partial charge in [-0.1, -0.05) is 26.8 Å². The number of likely N-dealkylation sites (N-methyl/N-ethyl adjacent to an activating group) is 1. The van der Waals surface area contributed by atoms with E-state index in [9.17, 15) is 14.4 Å². The molecule has 0 bridgehead atoms. The van der Waals surface area contributed by atoms with Crippen LogP contribution in [-0.4, -0.2) is 84.5 Å². The average molecular weight is 618 g/mol. The molecule has 3 N–H and O–H groups in total. The Morgan fingerprint density at radius 3 is 2.39 bits per heavy atom. The van der Waals surface area contributed by atoms with Gasteiger partial charge in [0.1, 0.15) is 10.5 Å². The zero-order valence-corrected chi connectivity index (χ0v) is 27.5. The Hall–Kier alpha value is -3.96. The quantitative estimate of drug-likeness (QED) is 0.365. The normalized spacial score (nSPS) is 17.3. The number of carbonyl (C=O) groups excluding carboxylic acids is 3. The van der Waals surface area contributed by atoms with Crippen LogP contribution in [0.15, 0.2) is 42.6 Å². The Bertz CT molecular complexity index is 1550. The van der Waals surface area contributed by atoms with E-state index in [0.717, 1.165) is 53.6 Å². The molecule has 4 amide bonds. The number of urea groups is 1. The minimum atomic E-state index is -1.01. The second-order valence-corrected chi connectivity index (χ2v) is 14.2. The van der Waals surface area contributed by atoms with Crippen LogP contribution in [0.25, 0.3) is 11.3 Å². The predicted molar refractivity (Wildman–Crippen MR) is 178 cm³/mol. The lowest BCUT2D eigenvalue weighted by atomic mass is 9.93. The summed E-state index contributed by atoms with van der Waals surface area (Å²) in [6, 6.07) is 11.3. The minimum absolute atomic E-state index is 0.200. The van der Waals surface area contributed by atoms with Crippen LogP contribution in [0.4, 0.5) is 21.2 Å². The van der Waals surface area contributed by atoms with E-state index in [1.165, 1.54) is 11.3 Å². The first-order valence-corrected chi connectivity index (χ1v) is 15.9. The number of piperazine rings is 2. The average Bonchev–Trinajstić information content (AvgIpc) is 3.40. The Morgan fingerprint density at radius 2 is 1.73 bits per heavy atom. The molecule has 2 fully saturated rings. The van der Waals surface area contributed by atoms with Crippen molar-refractivity contribution in [1.82, 2.24) is 20.1 Å². The molecule has 11 heteroatoms. The van der Waals surface area contributed by atoms with Crippen molar-refractivity contribution in [2.45, 2.75) is 52.5 Å². The van der Waals surface area contributed by atoms with Gasteiger partial charge in [-0.2, -0.15) is 0 Å². The van der Waals surface area contributed by atoms with Crippen molar-refractivity contribution in [3.8, 4) is 11.3 Å². The number of nitrogens with zero attached hydrogens (tertiary/aromatic N) is 4. The molecule has 2 aliphatic rings. The molecule has 0 atom stereocenters. The number of carbonyl (C=O) groups is 3. The van der Waals surface area contributed by atoms with E-state index < -0.39 is 11.6 Å². The van der Waals surface area contributed by atoms with E-state index in [1.54, 1.807) is 18.7 Å². The number of benzene rings is 1. The van der Waals surface area contributed by atoms with Crippen molar-refractivity contribution in [2.75, 3.05) is 61.8 Å². The lowest BCUT2D eigenvalue weighted by Gasteiger charge is -2.41. The topological polar surface area (TPSA) is 110 Å². The van der Waals surface area contributed by atoms with Gasteiger partial charge in [0.2, 0.25) is 5.91 Å². The van der Waals surface area contributed by atoms with Gasteiger partial charge in [-0.3, -0.25) is 19.9 Å². The summed E-state index contributed by atoms with van der Waals surface area (Å²) in [5.74, 6) is -0.482. The Morgan fingerprint density at radius 1 is 1.00 bits per heavy atom. The number of nitrogens with one attached hydrogen (secondary N) is 3. The maximum atomic E-state index is 13.8. The van der Waals surface area contributed by atoms with E-state index in [4.69, 9.17) is 4.98 Å². The van der Waals surface area contributed by atoms with Gasteiger partial charge in [0.15, 0.2) is 0 Å². The van der Waals surface area contributed by atoms with Crippen molar-refractivity contribution in [3.05, 3.63) is 58.6 Å². The number of thiophene rings is 1. The molecule has 5 rings (SSSR count). The number of aryl methyl sites for hydroxylation is 1. The molecule has 10 nitrogen and oxygen atoms in total. The van der Waals surface area contributed by atoms with Crippen LogP contribution in [0, 0.1) is 6.92 Å².